The van der Waals surface area contributed by atoms with E-state index in [1.165, 1.54) is 148 Å². The molecule has 0 saturated heterocycles. The molecule has 0 bridgehead atoms. The number of phosphoric acid groups is 1. The standard InChI is InChI=1S/C66H118NO8P/c1-6-8-10-12-14-16-18-20-21-22-23-24-25-26-27-28-29-30-31-32-33-34-35-36-37-38-39-40-41-42-43-44-45-47-49-51-53-55-57-59-66(69)75-64(63-74-76(70,71)73-61-60-67(3,4)5)62-72-65(68)58-56-54-52-50-48-46-19-17-15-13-11-9-7-2/h8,10,14,16-17,19-21,23-24,26-27,29-30,64H,6-7,9,11-13,15,18,22,25,28,31-63H2,1-5H3/p+1/b10-8-,16-14-,19-17-,21-20-,24-23-,27-26-,30-29-. The summed E-state index contributed by atoms with van der Waals surface area (Å²) in [6, 6.07) is 0. The van der Waals surface area contributed by atoms with Crippen molar-refractivity contribution in [2.24, 2.45) is 0 Å². The van der Waals surface area contributed by atoms with Gasteiger partial charge in [0.05, 0.1) is 27.7 Å². The summed E-state index contributed by atoms with van der Waals surface area (Å²) in [5.41, 5.74) is 0. The third-order valence-corrected chi connectivity index (χ3v) is 14.4. The molecule has 0 rings (SSSR count). The summed E-state index contributed by atoms with van der Waals surface area (Å²) in [5, 5.41) is 0. The lowest BCUT2D eigenvalue weighted by molar-refractivity contribution is -0.870. The molecule has 0 amide bonds. The summed E-state index contributed by atoms with van der Waals surface area (Å²) >= 11 is 0. The zero-order valence-electron chi connectivity index (χ0n) is 50.0. The van der Waals surface area contributed by atoms with Crippen LogP contribution in [0.5, 0.6) is 0 Å². The monoisotopic (exact) mass is 1080 g/mol. The Morgan fingerprint density at radius 2 is 0.750 bits per heavy atom. The Hall–Kier alpha value is -2.81. The summed E-state index contributed by atoms with van der Waals surface area (Å²) in [5.74, 6) is -0.801. The van der Waals surface area contributed by atoms with Gasteiger partial charge in [0.1, 0.15) is 19.8 Å². The number of esters is 2. The highest BCUT2D eigenvalue weighted by atomic mass is 31.2. The average Bonchev–Trinajstić information content (AvgIpc) is 3.38. The van der Waals surface area contributed by atoms with E-state index in [-0.39, 0.29) is 32.0 Å². The van der Waals surface area contributed by atoms with Gasteiger partial charge < -0.3 is 18.9 Å². The first-order valence-electron chi connectivity index (χ1n) is 31.3. The number of phosphoric ester groups is 1. The molecule has 2 atom stereocenters. The summed E-state index contributed by atoms with van der Waals surface area (Å²) in [4.78, 5) is 35.6. The smallest absolute Gasteiger partial charge is 0.462 e. The van der Waals surface area contributed by atoms with Gasteiger partial charge in [-0.3, -0.25) is 18.6 Å². The average molecular weight is 1090 g/mol. The van der Waals surface area contributed by atoms with Crippen LogP contribution in [0.3, 0.4) is 0 Å². The van der Waals surface area contributed by atoms with Gasteiger partial charge in [-0.1, -0.05) is 253 Å². The number of carbonyl (C=O) groups is 2. The lowest BCUT2D eigenvalue weighted by Crippen LogP contribution is -2.37. The van der Waals surface area contributed by atoms with E-state index in [1.807, 2.05) is 21.1 Å². The maximum absolute atomic E-state index is 12.8. The summed E-state index contributed by atoms with van der Waals surface area (Å²) in [6.07, 6.45) is 76.8. The number of quaternary nitrogens is 1. The Morgan fingerprint density at radius 3 is 1.13 bits per heavy atom. The molecule has 0 fully saturated rings. The van der Waals surface area contributed by atoms with E-state index in [9.17, 15) is 19.0 Å². The normalized spacial score (nSPS) is 13.8. The number of rotatable bonds is 57. The zero-order chi connectivity index (χ0) is 55.6. The first kappa shape index (κ1) is 73.2. The molecule has 10 heteroatoms. The second-order valence-corrected chi connectivity index (χ2v) is 23.5. The van der Waals surface area contributed by atoms with Gasteiger partial charge in [0.2, 0.25) is 0 Å². The van der Waals surface area contributed by atoms with Gasteiger partial charge in [-0.2, -0.15) is 0 Å². The molecule has 0 heterocycles. The van der Waals surface area contributed by atoms with Crippen LogP contribution in [0.4, 0.5) is 0 Å². The maximum Gasteiger partial charge on any atom is 0.472 e. The van der Waals surface area contributed by atoms with E-state index < -0.39 is 26.5 Å². The van der Waals surface area contributed by atoms with Crippen molar-refractivity contribution < 1.29 is 42.1 Å². The van der Waals surface area contributed by atoms with Crippen molar-refractivity contribution in [3.05, 3.63) is 85.1 Å². The molecule has 0 saturated carbocycles. The minimum atomic E-state index is -4.39. The zero-order valence-corrected chi connectivity index (χ0v) is 50.9. The molecule has 76 heavy (non-hydrogen) atoms. The van der Waals surface area contributed by atoms with Crippen molar-refractivity contribution in [1.29, 1.82) is 0 Å². The maximum atomic E-state index is 12.8. The Balaban J connectivity index is 3.94. The Labute approximate surface area is 469 Å². The van der Waals surface area contributed by atoms with Crippen LogP contribution in [-0.4, -0.2) is 74.9 Å². The molecule has 9 nitrogen and oxygen atoms in total. The number of hydrogen-bond acceptors (Lipinski definition) is 7. The van der Waals surface area contributed by atoms with Gasteiger partial charge in [0.25, 0.3) is 0 Å². The molecular formula is C66H119NO8P+. The minimum Gasteiger partial charge on any atom is -0.462 e. The second kappa shape index (κ2) is 56.9. The van der Waals surface area contributed by atoms with Crippen molar-refractivity contribution in [3.63, 3.8) is 0 Å². The van der Waals surface area contributed by atoms with Crippen molar-refractivity contribution in [2.45, 2.75) is 277 Å². The molecule has 1 N–H and O–H groups in total. The molecule has 0 spiro atoms. The number of carbonyl (C=O) groups excluding carboxylic acids is 2. The second-order valence-electron chi connectivity index (χ2n) is 22.1. The van der Waals surface area contributed by atoms with Crippen LogP contribution in [0.2, 0.25) is 0 Å². The highest BCUT2D eigenvalue weighted by molar-refractivity contribution is 7.47. The van der Waals surface area contributed by atoms with E-state index in [0.29, 0.717) is 17.4 Å². The van der Waals surface area contributed by atoms with Crippen LogP contribution in [0, 0.1) is 0 Å². The van der Waals surface area contributed by atoms with Gasteiger partial charge in [0, 0.05) is 12.8 Å². The van der Waals surface area contributed by atoms with Crippen LogP contribution in [0.1, 0.15) is 271 Å². The summed E-state index contributed by atoms with van der Waals surface area (Å²) in [7, 11) is 1.48. The van der Waals surface area contributed by atoms with E-state index in [4.69, 9.17) is 18.5 Å². The molecule has 0 aromatic carbocycles. The molecule has 440 valence electrons. The van der Waals surface area contributed by atoms with Crippen LogP contribution < -0.4 is 0 Å². The van der Waals surface area contributed by atoms with E-state index in [0.717, 1.165) is 89.9 Å². The molecule has 0 aromatic heterocycles. The lowest BCUT2D eigenvalue weighted by Gasteiger charge is -2.24. The van der Waals surface area contributed by atoms with Gasteiger partial charge in [0.15, 0.2) is 6.10 Å². The fourth-order valence-corrected chi connectivity index (χ4v) is 9.34. The van der Waals surface area contributed by atoms with Gasteiger partial charge >= 0.3 is 19.8 Å². The van der Waals surface area contributed by atoms with Crippen LogP contribution in [0.25, 0.3) is 0 Å². The summed E-state index contributed by atoms with van der Waals surface area (Å²) < 4.78 is 34.5. The van der Waals surface area contributed by atoms with Crippen LogP contribution in [-0.2, 0) is 32.7 Å². The van der Waals surface area contributed by atoms with Gasteiger partial charge in [-0.05, 0) is 89.9 Å². The molecule has 0 aliphatic carbocycles. The Morgan fingerprint density at radius 1 is 0.421 bits per heavy atom. The number of likely N-dealkylation sites (N-methyl/N-ethyl adjacent to an activating group) is 1. The predicted molar refractivity (Wildman–Crippen MR) is 325 cm³/mol. The summed E-state index contributed by atoms with van der Waals surface area (Å²) in [6.45, 7) is 4.31. The quantitative estimate of drug-likeness (QED) is 0.0211. The minimum absolute atomic E-state index is 0.0299. The van der Waals surface area contributed by atoms with Crippen molar-refractivity contribution >= 4 is 19.8 Å². The molecule has 0 aliphatic rings. The molecule has 0 aromatic rings. The Kier molecular flexibility index (Phi) is 54.8. The highest BCUT2D eigenvalue weighted by Crippen LogP contribution is 2.43. The van der Waals surface area contributed by atoms with E-state index in [1.54, 1.807) is 0 Å². The number of nitrogens with zero attached hydrogens (tertiary/aromatic N) is 1. The number of ether oxygens (including phenoxy) is 2. The number of hydrogen-bond donors (Lipinski definition) is 1. The van der Waals surface area contributed by atoms with E-state index in [2.05, 4.69) is 98.9 Å². The van der Waals surface area contributed by atoms with Crippen LogP contribution in [0.15, 0.2) is 85.1 Å². The lowest BCUT2D eigenvalue weighted by atomic mass is 10.0. The third kappa shape index (κ3) is 60.4. The molecule has 2 unspecified atom stereocenters. The fraction of sp³-hybridized carbons (Fsp3) is 0.758. The fourth-order valence-electron chi connectivity index (χ4n) is 8.60. The van der Waals surface area contributed by atoms with Crippen molar-refractivity contribution in [2.75, 3.05) is 47.5 Å². The molecule has 0 radical (unpaired) electrons. The van der Waals surface area contributed by atoms with Crippen molar-refractivity contribution in [3.8, 4) is 0 Å². The van der Waals surface area contributed by atoms with E-state index >= 15 is 0 Å². The first-order chi connectivity index (χ1) is 37.0. The van der Waals surface area contributed by atoms with Crippen molar-refractivity contribution in [1.82, 2.24) is 0 Å². The topological polar surface area (TPSA) is 108 Å². The molecular weight excluding hydrogens is 966 g/mol. The highest BCUT2D eigenvalue weighted by Gasteiger charge is 2.27. The van der Waals surface area contributed by atoms with Gasteiger partial charge in [-0.25, -0.2) is 4.57 Å². The number of unbranched alkanes of at least 4 members (excludes halogenated alkanes) is 29. The first-order valence-corrected chi connectivity index (χ1v) is 32.8. The molecule has 0 aliphatic heterocycles. The predicted octanol–water partition coefficient (Wildman–Crippen LogP) is 19.8. The SMILES string of the molecule is CC/C=C\C/C=C\C/C=C\C/C=C\C/C=C\C/C=C\CCCCCCCCCCCCCCCCCCCCCCC(=O)OC(COC(=O)CCCCCCC/C=C\CCCCCC)COP(=O)(O)OCC[N+](C)(C)C. The number of allylic oxidation sites excluding steroid dienone is 14. The van der Waals surface area contributed by atoms with Gasteiger partial charge in [-0.15, -0.1) is 0 Å². The third-order valence-electron chi connectivity index (χ3n) is 13.4. The largest absolute Gasteiger partial charge is 0.472 e. The van der Waals surface area contributed by atoms with Crippen LogP contribution >= 0.6 is 7.82 Å². The Bertz CT molecular complexity index is 1560.